The second-order valence-electron chi connectivity index (χ2n) is 6.15. The summed E-state index contributed by atoms with van der Waals surface area (Å²) in [6, 6.07) is 4.54. The number of nitrogens with zero attached hydrogens (tertiary/aromatic N) is 1. The van der Waals surface area contributed by atoms with Crippen LogP contribution in [0.2, 0.25) is 0 Å². The summed E-state index contributed by atoms with van der Waals surface area (Å²) >= 11 is 0. The Hall–Kier alpha value is -2.41. The molecule has 0 fully saturated rings. The van der Waals surface area contributed by atoms with Crippen molar-refractivity contribution in [3.05, 3.63) is 40.0 Å². The molecule has 126 valence electrons. The first-order valence-electron chi connectivity index (χ1n) is 7.11. The van der Waals surface area contributed by atoms with Crippen molar-refractivity contribution in [3.8, 4) is 0 Å². The summed E-state index contributed by atoms with van der Waals surface area (Å²) in [5.41, 5.74) is 0.362. The quantitative estimate of drug-likeness (QED) is 0.361. The van der Waals surface area contributed by atoms with Gasteiger partial charge in [0.15, 0.2) is 0 Å². The van der Waals surface area contributed by atoms with Gasteiger partial charge in [-0.05, 0) is 23.1 Å². The highest BCUT2D eigenvalue weighted by molar-refractivity contribution is 5.87. The number of benzene rings is 1. The van der Waals surface area contributed by atoms with Gasteiger partial charge in [0.05, 0.1) is 18.1 Å². The van der Waals surface area contributed by atoms with Crippen molar-refractivity contribution in [3.63, 3.8) is 0 Å². The molecule has 1 aromatic carbocycles. The third-order valence-electron chi connectivity index (χ3n) is 3.32. The van der Waals surface area contributed by atoms with Crippen molar-refractivity contribution < 1.29 is 19.6 Å². The monoisotopic (exact) mass is 322 g/mol. The number of esters is 1. The fourth-order valence-electron chi connectivity index (χ4n) is 1.70. The lowest BCUT2D eigenvalue weighted by Gasteiger charge is -2.26. The minimum Gasteiger partial charge on any atom is -0.466 e. The van der Waals surface area contributed by atoms with Crippen LogP contribution in [0.3, 0.4) is 0 Å². The molecule has 0 aliphatic heterocycles. The Bertz CT molecular complexity index is 605. The maximum absolute atomic E-state index is 11.2. The first kappa shape index (κ1) is 18.6. The average molecular weight is 322 g/mol. The van der Waals surface area contributed by atoms with E-state index >= 15 is 0 Å². The molecule has 1 atom stereocenters. The molecule has 23 heavy (non-hydrogen) atoms. The Kier molecular flexibility index (Phi) is 6.27. The minimum atomic E-state index is -0.652. The van der Waals surface area contributed by atoms with E-state index in [1.807, 2.05) is 20.8 Å². The predicted octanol–water partition coefficient (Wildman–Crippen LogP) is 2.60. The Morgan fingerprint density at radius 1 is 1.48 bits per heavy atom. The highest BCUT2D eigenvalue weighted by Crippen LogP contribution is 2.27. The number of carbonyl (C=O) groups excluding carboxylic acids is 1. The number of nitro groups is 1. The Morgan fingerprint density at radius 2 is 2.13 bits per heavy atom. The maximum atomic E-state index is 11.2. The van der Waals surface area contributed by atoms with Crippen LogP contribution in [0.4, 0.5) is 11.4 Å². The fraction of sp³-hybridized carbons (Fsp3) is 0.438. The number of rotatable bonds is 6. The van der Waals surface area contributed by atoms with Crippen LogP contribution < -0.4 is 5.32 Å². The number of ether oxygens (including phenoxy) is 1. The van der Waals surface area contributed by atoms with E-state index in [1.165, 1.54) is 25.3 Å². The van der Waals surface area contributed by atoms with E-state index in [0.29, 0.717) is 11.3 Å². The zero-order valence-corrected chi connectivity index (χ0v) is 13.7. The van der Waals surface area contributed by atoms with Crippen LogP contribution >= 0.6 is 0 Å². The molecule has 0 saturated carbocycles. The second-order valence-corrected chi connectivity index (χ2v) is 6.15. The number of nitro benzene ring substituents is 1. The lowest BCUT2D eigenvalue weighted by Crippen LogP contribution is -2.32. The second kappa shape index (κ2) is 7.73. The molecule has 0 spiro atoms. The van der Waals surface area contributed by atoms with Crippen LogP contribution in [0.25, 0.3) is 6.08 Å². The number of hydrogen-bond donors (Lipinski definition) is 2. The van der Waals surface area contributed by atoms with Gasteiger partial charge in [-0.1, -0.05) is 26.8 Å². The largest absolute Gasteiger partial charge is 0.466 e. The van der Waals surface area contributed by atoms with Crippen molar-refractivity contribution >= 4 is 23.4 Å². The minimum absolute atomic E-state index is 0.127. The molecule has 0 heterocycles. The van der Waals surface area contributed by atoms with E-state index < -0.39 is 17.0 Å². The van der Waals surface area contributed by atoms with Crippen LogP contribution in [0.1, 0.15) is 26.3 Å². The molecule has 1 rings (SSSR count). The van der Waals surface area contributed by atoms with Gasteiger partial charge < -0.3 is 15.2 Å². The number of hydrogen-bond acceptors (Lipinski definition) is 6. The third-order valence-corrected chi connectivity index (χ3v) is 3.32. The van der Waals surface area contributed by atoms with Gasteiger partial charge in [-0.15, -0.1) is 0 Å². The predicted molar refractivity (Wildman–Crippen MR) is 88.1 cm³/mol. The van der Waals surface area contributed by atoms with Gasteiger partial charge in [0.25, 0.3) is 5.69 Å². The molecule has 0 bridgehead atoms. The Labute approximate surface area is 135 Å². The Morgan fingerprint density at radius 3 is 2.65 bits per heavy atom. The zero-order valence-electron chi connectivity index (χ0n) is 13.7. The number of aliphatic hydroxyl groups is 1. The van der Waals surface area contributed by atoms with E-state index in [4.69, 9.17) is 0 Å². The molecule has 7 nitrogen and oxygen atoms in total. The van der Waals surface area contributed by atoms with Gasteiger partial charge in [-0.3, -0.25) is 10.1 Å². The first-order chi connectivity index (χ1) is 10.6. The normalized spacial score (nSPS) is 12.9. The lowest BCUT2D eigenvalue weighted by molar-refractivity contribution is -0.384. The molecular weight excluding hydrogens is 300 g/mol. The summed E-state index contributed by atoms with van der Waals surface area (Å²) < 4.78 is 4.47. The van der Waals surface area contributed by atoms with Crippen LogP contribution in [-0.2, 0) is 9.53 Å². The number of anilines is 1. The molecule has 1 unspecified atom stereocenters. The van der Waals surface area contributed by atoms with E-state index in [2.05, 4.69) is 10.1 Å². The number of nitrogens with one attached hydrogen (secondary N) is 1. The lowest BCUT2D eigenvalue weighted by atomic mass is 9.89. The summed E-state index contributed by atoms with van der Waals surface area (Å²) in [6.45, 7) is 5.85. The van der Waals surface area contributed by atoms with Gasteiger partial charge >= 0.3 is 5.97 Å². The molecule has 0 aliphatic rings. The first-order valence-corrected chi connectivity index (χ1v) is 7.11. The standard InChI is InChI=1S/C16H22N2O5/c1-16(2,3)14(19)10-17-12-7-5-11(6-8-15(20)23-4)9-13(12)18(21)22/h5-9,14,17,19H,10H2,1-4H3. The smallest absolute Gasteiger partial charge is 0.330 e. The molecular formula is C16H22N2O5. The van der Waals surface area contributed by atoms with Crippen molar-refractivity contribution in [1.29, 1.82) is 0 Å². The van der Waals surface area contributed by atoms with E-state index in [1.54, 1.807) is 12.1 Å². The molecule has 0 amide bonds. The third kappa shape index (κ3) is 5.71. The summed E-state index contributed by atoms with van der Waals surface area (Å²) in [5, 5.41) is 24.1. The number of aliphatic hydroxyl groups excluding tert-OH is 1. The Balaban J connectivity index is 2.95. The molecule has 0 radical (unpaired) electrons. The highest BCUT2D eigenvalue weighted by atomic mass is 16.6. The molecule has 0 aliphatic carbocycles. The van der Waals surface area contributed by atoms with Crippen molar-refractivity contribution in [2.45, 2.75) is 26.9 Å². The summed E-state index contributed by atoms with van der Waals surface area (Å²) in [7, 11) is 1.25. The molecule has 2 N–H and O–H groups in total. The van der Waals surface area contributed by atoms with Crippen LogP contribution in [0.5, 0.6) is 0 Å². The van der Waals surface area contributed by atoms with Crippen LogP contribution in [0.15, 0.2) is 24.3 Å². The van der Waals surface area contributed by atoms with Crippen molar-refractivity contribution in [2.24, 2.45) is 5.41 Å². The van der Waals surface area contributed by atoms with Gasteiger partial charge in [-0.25, -0.2) is 4.79 Å². The molecule has 1 aromatic rings. The topological polar surface area (TPSA) is 102 Å². The maximum Gasteiger partial charge on any atom is 0.330 e. The SMILES string of the molecule is COC(=O)C=Cc1ccc(NCC(O)C(C)(C)C)c([N+](=O)[O-])c1. The highest BCUT2D eigenvalue weighted by Gasteiger charge is 2.23. The van der Waals surface area contributed by atoms with Gasteiger partial charge in [0.2, 0.25) is 0 Å². The molecule has 0 aromatic heterocycles. The van der Waals surface area contributed by atoms with Gasteiger partial charge in [-0.2, -0.15) is 0 Å². The zero-order chi connectivity index (χ0) is 17.6. The fourth-order valence-corrected chi connectivity index (χ4v) is 1.70. The van der Waals surface area contributed by atoms with Crippen molar-refractivity contribution in [1.82, 2.24) is 0 Å². The van der Waals surface area contributed by atoms with Gasteiger partial charge in [0, 0.05) is 18.7 Å². The van der Waals surface area contributed by atoms with E-state index in [-0.39, 0.29) is 17.6 Å². The summed E-state index contributed by atoms with van der Waals surface area (Å²) in [6.07, 6.45) is 1.98. The van der Waals surface area contributed by atoms with Crippen LogP contribution in [-0.4, -0.2) is 35.8 Å². The van der Waals surface area contributed by atoms with E-state index in [9.17, 15) is 20.0 Å². The van der Waals surface area contributed by atoms with Crippen molar-refractivity contribution in [2.75, 3.05) is 19.0 Å². The van der Waals surface area contributed by atoms with Gasteiger partial charge in [0.1, 0.15) is 5.69 Å². The summed E-state index contributed by atoms with van der Waals surface area (Å²) in [5.74, 6) is -0.539. The average Bonchev–Trinajstić information content (AvgIpc) is 2.49. The molecule has 7 heteroatoms. The number of methoxy groups -OCH3 is 1. The number of carbonyl (C=O) groups is 1. The van der Waals surface area contributed by atoms with Crippen LogP contribution in [0, 0.1) is 15.5 Å². The molecule has 0 saturated heterocycles. The summed E-state index contributed by atoms with van der Waals surface area (Å²) in [4.78, 5) is 21.7. The van der Waals surface area contributed by atoms with E-state index in [0.717, 1.165) is 0 Å².